The number of anilines is 1. The average molecular weight is 393 g/mol. The molecule has 0 saturated carbocycles. The second kappa shape index (κ2) is 7.90. The molecule has 8 heteroatoms. The van der Waals surface area contributed by atoms with Gasteiger partial charge in [0.05, 0.1) is 18.3 Å². The number of hydrogen-bond acceptors (Lipinski definition) is 5. The molecule has 0 unspecified atom stereocenters. The molecule has 1 aromatic heterocycles. The minimum Gasteiger partial charge on any atom is -0.495 e. The molecule has 29 heavy (non-hydrogen) atoms. The van der Waals surface area contributed by atoms with Crippen LogP contribution < -0.4 is 10.1 Å². The van der Waals surface area contributed by atoms with Gasteiger partial charge in [-0.3, -0.25) is 9.59 Å². The van der Waals surface area contributed by atoms with Crippen molar-refractivity contribution < 1.29 is 14.3 Å². The van der Waals surface area contributed by atoms with Crippen molar-refractivity contribution in [1.29, 1.82) is 0 Å². The number of aromatic nitrogens is 3. The fourth-order valence-corrected chi connectivity index (χ4v) is 3.68. The zero-order chi connectivity index (χ0) is 20.4. The van der Waals surface area contributed by atoms with Gasteiger partial charge >= 0.3 is 0 Å². The Morgan fingerprint density at radius 1 is 1.14 bits per heavy atom. The Morgan fingerprint density at radius 3 is 2.66 bits per heavy atom. The number of carbonyl (C=O) groups is 2. The zero-order valence-corrected chi connectivity index (χ0v) is 16.5. The molecule has 150 valence electrons. The standard InChI is InChI=1S/C21H23N5O3/c1-25-18-8-7-15(13-17(18)23-24-25)21(28)26-11-9-14(10-12-26)20(27)22-16-5-3-4-6-19(16)29-2/h3-8,13-14H,9-12H2,1-2H3,(H,22,27). The van der Waals surface area contributed by atoms with Crippen LogP contribution in [0, 0.1) is 5.92 Å². The van der Waals surface area contributed by atoms with Crippen molar-refractivity contribution >= 4 is 28.5 Å². The lowest BCUT2D eigenvalue weighted by Gasteiger charge is -2.31. The van der Waals surface area contributed by atoms with Crippen LogP contribution in [0.25, 0.3) is 11.0 Å². The molecule has 2 heterocycles. The van der Waals surface area contributed by atoms with E-state index < -0.39 is 0 Å². The second-order valence-electron chi connectivity index (χ2n) is 7.17. The number of nitrogens with one attached hydrogen (secondary N) is 1. The maximum absolute atomic E-state index is 12.9. The summed E-state index contributed by atoms with van der Waals surface area (Å²) in [5.41, 5.74) is 2.84. The van der Waals surface area contributed by atoms with Gasteiger partial charge in [0.15, 0.2) is 0 Å². The van der Waals surface area contributed by atoms with Gasteiger partial charge < -0.3 is 15.0 Å². The van der Waals surface area contributed by atoms with Crippen molar-refractivity contribution in [3.8, 4) is 5.75 Å². The van der Waals surface area contributed by atoms with Crippen molar-refractivity contribution in [1.82, 2.24) is 19.9 Å². The third kappa shape index (κ3) is 3.78. The first-order valence-electron chi connectivity index (χ1n) is 9.59. The van der Waals surface area contributed by atoms with Crippen LogP contribution in [0.1, 0.15) is 23.2 Å². The summed E-state index contributed by atoms with van der Waals surface area (Å²) in [7, 11) is 3.39. The maximum atomic E-state index is 12.9. The third-order valence-corrected chi connectivity index (χ3v) is 5.38. The molecule has 4 rings (SSSR count). The van der Waals surface area contributed by atoms with Crippen LogP contribution in [0.2, 0.25) is 0 Å². The quantitative estimate of drug-likeness (QED) is 0.736. The van der Waals surface area contributed by atoms with Crippen molar-refractivity contribution in [3.05, 3.63) is 48.0 Å². The highest BCUT2D eigenvalue weighted by atomic mass is 16.5. The fraction of sp³-hybridized carbons (Fsp3) is 0.333. The highest BCUT2D eigenvalue weighted by Gasteiger charge is 2.28. The minimum absolute atomic E-state index is 0.0393. The summed E-state index contributed by atoms with van der Waals surface area (Å²) in [5.74, 6) is 0.419. The third-order valence-electron chi connectivity index (χ3n) is 5.38. The van der Waals surface area contributed by atoms with Gasteiger partial charge in [0.25, 0.3) is 5.91 Å². The molecule has 2 amide bonds. The molecule has 1 aliphatic heterocycles. The van der Waals surface area contributed by atoms with Gasteiger partial charge in [-0.05, 0) is 43.2 Å². The molecule has 1 saturated heterocycles. The summed E-state index contributed by atoms with van der Waals surface area (Å²) in [6.45, 7) is 1.09. The van der Waals surface area contributed by atoms with Gasteiger partial charge in [-0.1, -0.05) is 17.3 Å². The topological polar surface area (TPSA) is 89.3 Å². The summed E-state index contributed by atoms with van der Waals surface area (Å²) in [5, 5.41) is 11.0. The van der Waals surface area contributed by atoms with Crippen molar-refractivity contribution in [2.24, 2.45) is 13.0 Å². The van der Waals surface area contributed by atoms with Crippen molar-refractivity contribution in [2.75, 3.05) is 25.5 Å². The normalized spacial score (nSPS) is 14.8. The van der Waals surface area contributed by atoms with E-state index in [4.69, 9.17) is 4.74 Å². The molecular weight excluding hydrogens is 370 g/mol. The predicted octanol–water partition coefficient (Wildman–Crippen LogP) is 2.47. The van der Waals surface area contributed by atoms with Crippen LogP contribution in [0.3, 0.4) is 0 Å². The average Bonchev–Trinajstić information content (AvgIpc) is 3.14. The van der Waals surface area contributed by atoms with Crippen LogP contribution in [-0.2, 0) is 11.8 Å². The minimum atomic E-state index is -0.133. The molecular formula is C21H23N5O3. The van der Waals surface area contributed by atoms with E-state index in [0.29, 0.717) is 48.4 Å². The Bertz CT molecular complexity index is 1050. The largest absolute Gasteiger partial charge is 0.495 e. The monoisotopic (exact) mass is 393 g/mol. The molecule has 0 bridgehead atoms. The van der Waals surface area contributed by atoms with Gasteiger partial charge in [-0.2, -0.15) is 0 Å². The number of para-hydroxylation sites is 2. The molecule has 8 nitrogen and oxygen atoms in total. The number of piperidine rings is 1. The number of hydrogen-bond donors (Lipinski definition) is 1. The predicted molar refractivity (Wildman–Crippen MR) is 109 cm³/mol. The van der Waals surface area contributed by atoms with Gasteiger partial charge in [0, 0.05) is 31.6 Å². The molecule has 0 atom stereocenters. The second-order valence-corrected chi connectivity index (χ2v) is 7.17. The lowest BCUT2D eigenvalue weighted by Crippen LogP contribution is -2.41. The first-order valence-corrected chi connectivity index (χ1v) is 9.59. The Morgan fingerprint density at radius 2 is 1.90 bits per heavy atom. The lowest BCUT2D eigenvalue weighted by atomic mass is 9.95. The van der Waals surface area contributed by atoms with E-state index in [2.05, 4.69) is 15.6 Å². The number of methoxy groups -OCH3 is 1. The fourth-order valence-electron chi connectivity index (χ4n) is 3.68. The van der Waals surface area contributed by atoms with Crippen LogP contribution >= 0.6 is 0 Å². The van der Waals surface area contributed by atoms with E-state index in [1.54, 1.807) is 28.8 Å². The van der Waals surface area contributed by atoms with Crippen LogP contribution in [-0.4, -0.2) is 51.9 Å². The van der Waals surface area contributed by atoms with Gasteiger partial charge in [0.1, 0.15) is 11.3 Å². The number of fused-ring (bicyclic) bond motifs is 1. The first-order chi connectivity index (χ1) is 14.1. The molecule has 1 N–H and O–H groups in total. The van der Waals surface area contributed by atoms with Crippen LogP contribution in [0.5, 0.6) is 5.75 Å². The zero-order valence-electron chi connectivity index (χ0n) is 16.5. The molecule has 1 aliphatic rings. The Balaban J connectivity index is 1.38. The van der Waals surface area contributed by atoms with E-state index in [1.165, 1.54) is 0 Å². The van der Waals surface area contributed by atoms with Crippen LogP contribution in [0.15, 0.2) is 42.5 Å². The van der Waals surface area contributed by atoms with E-state index in [0.717, 1.165) is 5.52 Å². The van der Waals surface area contributed by atoms with E-state index in [-0.39, 0.29) is 17.7 Å². The summed E-state index contributed by atoms with van der Waals surface area (Å²) < 4.78 is 6.96. The van der Waals surface area contributed by atoms with Crippen molar-refractivity contribution in [2.45, 2.75) is 12.8 Å². The molecule has 0 aliphatic carbocycles. The van der Waals surface area contributed by atoms with Gasteiger partial charge in [-0.25, -0.2) is 4.68 Å². The van der Waals surface area contributed by atoms with E-state index in [9.17, 15) is 9.59 Å². The summed E-state index contributed by atoms with van der Waals surface area (Å²) in [4.78, 5) is 27.3. The molecule has 3 aromatic rings. The highest BCUT2D eigenvalue weighted by Crippen LogP contribution is 2.26. The number of likely N-dealkylation sites (tertiary alicyclic amines) is 1. The lowest BCUT2D eigenvalue weighted by molar-refractivity contribution is -0.121. The van der Waals surface area contributed by atoms with Gasteiger partial charge in [0.2, 0.25) is 5.91 Å². The number of ether oxygens (including phenoxy) is 1. The first kappa shape index (κ1) is 18.9. The molecule has 2 aromatic carbocycles. The number of aryl methyl sites for hydroxylation is 1. The molecule has 0 radical (unpaired) electrons. The Hall–Kier alpha value is -3.42. The molecule has 1 fully saturated rings. The highest BCUT2D eigenvalue weighted by molar-refractivity contribution is 5.98. The maximum Gasteiger partial charge on any atom is 0.253 e. The van der Waals surface area contributed by atoms with Crippen LogP contribution in [0.4, 0.5) is 5.69 Å². The smallest absolute Gasteiger partial charge is 0.253 e. The molecule has 0 spiro atoms. The number of benzene rings is 2. The van der Waals surface area contributed by atoms with Crippen molar-refractivity contribution in [3.63, 3.8) is 0 Å². The number of rotatable bonds is 4. The van der Waals surface area contributed by atoms with Gasteiger partial charge in [-0.15, -0.1) is 5.10 Å². The number of carbonyl (C=O) groups excluding carboxylic acids is 2. The number of amides is 2. The summed E-state index contributed by atoms with van der Waals surface area (Å²) >= 11 is 0. The van der Waals surface area contributed by atoms with E-state index >= 15 is 0 Å². The summed E-state index contributed by atoms with van der Waals surface area (Å²) in [6.07, 6.45) is 1.25. The van der Waals surface area contributed by atoms with E-state index in [1.807, 2.05) is 37.4 Å². The SMILES string of the molecule is COc1ccccc1NC(=O)C1CCN(C(=O)c2ccc3c(c2)nnn3C)CC1. The Labute approximate surface area is 168 Å². The number of nitrogens with zero attached hydrogens (tertiary/aromatic N) is 4. The summed E-state index contributed by atoms with van der Waals surface area (Å²) in [6, 6.07) is 12.8. The Kier molecular flexibility index (Phi) is 5.16.